The summed E-state index contributed by atoms with van der Waals surface area (Å²) in [5.74, 6) is 2.22. The fourth-order valence-corrected chi connectivity index (χ4v) is 3.72. The van der Waals surface area contributed by atoms with Crippen molar-refractivity contribution < 1.29 is 9.53 Å². The Labute approximate surface area is 161 Å². The van der Waals surface area contributed by atoms with Crippen LogP contribution < -0.4 is 15.6 Å². The van der Waals surface area contributed by atoms with E-state index in [1.165, 1.54) is 17.8 Å². The molecule has 1 aromatic carbocycles. The maximum atomic E-state index is 12.4. The number of hydrogen-bond donors (Lipinski definition) is 2. The number of amides is 1. The van der Waals surface area contributed by atoms with Gasteiger partial charge in [-0.15, -0.1) is 0 Å². The van der Waals surface area contributed by atoms with E-state index in [1.807, 2.05) is 12.1 Å². The molecule has 0 aliphatic heterocycles. The van der Waals surface area contributed by atoms with Gasteiger partial charge in [-0.3, -0.25) is 9.59 Å². The number of anilines is 1. The van der Waals surface area contributed by atoms with E-state index in [0.29, 0.717) is 22.3 Å². The topological polar surface area (TPSA) is 84.1 Å². The van der Waals surface area contributed by atoms with E-state index in [-0.39, 0.29) is 11.5 Å². The highest BCUT2D eigenvalue weighted by Crippen LogP contribution is 2.22. The Morgan fingerprint density at radius 2 is 2.19 bits per heavy atom. The fourth-order valence-electron chi connectivity index (χ4n) is 2.10. The summed E-state index contributed by atoms with van der Waals surface area (Å²) in [7, 11) is 1.58. The summed E-state index contributed by atoms with van der Waals surface area (Å²) >= 11 is 2.97. The lowest BCUT2D eigenvalue weighted by Gasteiger charge is -2.12. The van der Waals surface area contributed by atoms with Crippen molar-refractivity contribution in [3.8, 4) is 5.75 Å². The van der Waals surface area contributed by atoms with Gasteiger partial charge in [-0.05, 0) is 31.2 Å². The summed E-state index contributed by atoms with van der Waals surface area (Å²) in [6.45, 7) is 3.89. The molecule has 0 radical (unpaired) electrons. The largest absolute Gasteiger partial charge is 0.497 e. The highest BCUT2D eigenvalue weighted by atomic mass is 32.2. The first-order valence-corrected chi connectivity index (χ1v) is 10.3. The van der Waals surface area contributed by atoms with E-state index in [4.69, 9.17) is 4.74 Å². The van der Waals surface area contributed by atoms with Crippen molar-refractivity contribution >= 4 is 35.1 Å². The molecule has 26 heavy (non-hydrogen) atoms. The summed E-state index contributed by atoms with van der Waals surface area (Å²) in [4.78, 5) is 31.4. The Bertz CT molecular complexity index is 795. The summed E-state index contributed by atoms with van der Waals surface area (Å²) in [5, 5.41) is 2.89. The lowest BCUT2D eigenvalue weighted by Crippen LogP contribution is -2.23. The molecule has 0 saturated carbocycles. The number of carbonyl (C=O) groups excluding carboxylic acids is 1. The SMILES string of the molecule is CCCSCc1cc(=O)[nH]c(SC(C)C(=O)Nc2cccc(OC)c2)n1. The van der Waals surface area contributed by atoms with Gasteiger partial charge in [-0.1, -0.05) is 24.8 Å². The van der Waals surface area contributed by atoms with Crippen molar-refractivity contribution in [1.82, 2.24) is 9.97 Å². The number of thioether (sulfide) groups is 2. The summed E-state index contributed by atoms with van der Waals surface area (Å²) in [6, 6.07) is 8.67. The molecule has 0 fully saturated rings. The van der Waals surface area contributed by atoms with Crippen molar-refractivity contribution in [2.45, 2.75) is 36.4 Å². The molecule has 0 saturated heterocycles. The Morgan fingerprint density at radius 3 is 2.92 bits per heavy atom. The Morgan fingerprint density at radius 1 is 1.38 bits per heavy atom. The van der Waals surface area contributed by atoms with Crippen molar-refractivity contribution in [2.75, 3.05) is 18.2 Å². The predicted octanol–water partition coefficient (Wildman–Crippen LogP) is 3.54. The number of carbonyl (C=O) groups is 1. The van der Waals surface area contributed by atoms with Crippen molar-refractivity contribution in [3.63, 3.8) is 0 Å². The molecule has 1 heterocycles. The number of nitrogens with zero attached hydrogens (tertiary/aromatic N) is 1. The Hall–Kier alpha value is -1.93. The van der Waals surface area contributed by atoms with Gasteiger partial charge >= 0.3 is 0 Å². The van der Waals surface area contributed by atoms with Gasteiger partial charge < -0.3 is 15.0 Å². The molecule has 8 heteroatoms. The highest BCUT2D eigenvalue weighted by molar-refractivity contribution is 8.00. The van der Waals surface area contributed by atoms with Crippen molar-refractivity contribution in [3.05, 3.63) is 46.4 Å². The van der Waals surface area contributed by atoms with E-state index in [1.54, 1.807) is 37.9 Å². The lowest BCUT2D eigenvalue weighted by molar-refractivity contribution is -0.115. The number of ether oxygens (including phenoxy) is 1. The van der Waals surface area contributed by atoms with E-state index in [2.05, 4.69) is 22.2 Å². The zero-order valence-electron chi connectivity index (χ0n) is 15.1. The third kappa shape index (κ3) is 6.42. The molecule has 1 aromatic heterocycles. The maximum absolute atomic E-state index is 12.4. The van der Waals surface area contributed by atoms with E-state index in [9.17, 15) is 9.59 Å². The average molecular weight is 394 g/mol. The molecular formula is C18H23N3O3S2. The minimum absolute atomic E-state index is 0.170. The first kappa shape index (κ1) is 20.4. The zero-order valence-corrected chi connectivity index (χ0v) is 16.7. The van der Waals surface area contributed by atoms with Crippen LogP contribution in [0.1, 0.15) is 26.0 Å². The van der Waals surface area contributed by atoms with Crippen LogP contribution in [-0.4, -0.2) is 34.0 Å². The third-order valence-electron chi connectivity index (χ3n) is 3.37. The normalized spacial score (nSPS) is 11.8. The number of benzene rings is 1. The minimum atomic E-state index is -0.414. The van der Waals surface area contributed by atoms with Crippen LogP contribution in [0.5, 0.6) is 5.75 Å². The standard InChI is InChI=1S/C18H23N3O3S2/c1-4-8-25-11-14-10-16(22)21-18(20-14)26-12(2)17(23)19-13-6-5-7-15(9-13)24-3/h5-7,9-10,12H,4,8,11H2,1-3H3,(H,19,23)(H,20,21,22). The maximum Gasteiger partial charge on any atom is 0.251 e. The van der Waals surface area contributed by atoms with Crippen LogP contribution in [0, 0.1) is 0 Å². The van der Waals surface area contributed by atoms with Crippen LogP contribution in [0.15, 0.2) is 40.3 Å². The molecule has 0 aliphatic rings. The van der Waals surface area contributed by atoms with Gasteiger partial charge in [0.25, 0.3) is 5.56 Å². The van der Waals surface area contributed by atoms with Gasteiger partial charge in [-0.2, -0.15) is 11.8 Å². The number of rotatable bonds is 9. The van der Waals surface area contributed by atoms with Crippen molar-refractivity contribution in [1.29, 1.82) is 0 Å². The van der Waals surface area contributed by atoms with Gasteiger partial charge in [0.05, 0.1) is 18.1 Å². The first-order chi connectivity index (χ1) is 12.5. The van der Waals surface area contributed by atoms with Crippen LogP contribution in [0.3, 0.4) is 0 Å². The molecule has 2 rings (SSSR count). The Balaban J connectivity index is 2.00. The molecule has 0 bridgehead atoms. The zero-order chi connectivity index (χ0) is 18.9. The van der Waals surface area contributed by atoms with E-state index < -0.39 is 5.25 Å². The molecular weight excluding hydrogens is 370 g/mol. The van der Waals surface area contributed by atoms with Crippen LogP contribution in [0.2, 0.25) is 0 Å². The number of H-pyrrole nitrogens is 1. The number of hydrogen-bond acceptors (Lipinski definition) is 6. The third-order valence-corrected chi connectivity index (χ3v) is 5.55. The number of aromatic amines is 1. The van der Waals surface area contributed by atoms with Crippen molar-refractivity contribution in [2.24, 2.45) is 0 Å². The second-order valence-electron chi connectivity index (χ2n) is 5.58. The average Bonchev–Trinajstić information content (AvgIpc) is 2.61. The molecule has 1 atom stereocenters. The van der Waals surface area contributed by atoms with Crippen LogP contribution in [0.4, 0.5) is 5.69 Å². The number of nitrogens with one attached hydrogen (secondary N) is 2. The quantitative estimate of drug-likeness (QED) is 0.385. The van der Waals surface area contributed by atoms with E-state index >= 15 is 0 Å². The molecule has 0 spiro atoms. The predicted molar refractivity (Wildman–Crippen MR) is 108 cm³/mol. The van der Waals surface area contributed by atoms with Gasteiger partial charge in [-0.25, -0.2) is 4.98 Å². The molecule has 1 amide bonds. The molecule has 1 unspecified atom stereocenters. The number of aromatic nitrogens is 2. The van der Waals surface area contributed by atoms with Gasteiger partial charge in [0.15, 0.2) is 5.16 Å². The minimum Gasteiger partial charge on any atom is -0.497 e. The van der Waals surface area contributed by atoms with E-state index in [0.717, 1.165) is 17.9 Å². The monoisotopic (exact) mass is 393 g/mol. The number of methoxy groups -OCH3 is 1. The first-order valence-electron chi connectivity index (χ1n) is 8.31. The summed E-state index contributed by atoms with van der Waals surface area (Å²) in [6.07, 6.45) is 1.08. The van der Waals surface area contributed by atoms with Crippen LogP contribution in [0.25, 0.3) is 0 Å². The van der Waals surface area contributed by atoms with Crippen LogP contribution in [-0.2, 0) is 10.5 Å². The lowest BCUT2D eigenvalue weighted by atomic mass is 10.3. The Kier molecular flexibility index (Phi) is 8.06. The molecule has 6 nitrogen and oxygen atoms in total. The molecule has 140 valence electrons. The van der Waals surface area contributed by atoms with Gasteiger partial charge in [0.1, 0.15) is 5.75 Å². The molecule has 2 aromatic rings. The van der Waals surface area contributed by atoms with Gasteiger partial charge in [0.2, 0.25) is 5.91 Å². The smallest absolute Gasteiger partial charge is 0.251 e. The summed E-state index contributed by atoms with van der Waals surface area (Å²) < 4.78 is 5.15. The second-order valence-corrected chi connectivity index (χ2v) is 8.01. The molecule has 0 aliphatic carbocycles. The van der Waals surface area contributed by atoms with Crippen LogP contribution >= 0.6 is 23.5 Å². The fraction of sp³-hybridized carbons (Fsp3) is 0.389. The second kappa shape index (κ2) is 10.3. The highest BCUT2D eigenvalue weighted by Gasteiger charge is 2.16. The molecule has 2 N–H and O–H groups in total. The van der Waals surface area contributed by atoms with Gasteiger partial charge in [0, 0.05) is 23.6 Å². The summed E-state index contributed by atoms with van der Waals surface area (Å²) in [5.41, 5.74) is 1.19.